The zero-order valence-corrected chi connectivity index (χ0v) is 14.3. The van der Waals surface area contributed by atoms with Gasteiger partial charge >= 0.3 is 5.97 Å². The molecule has 0 saturated carbocycles. The summed E-state index contributed by atoms with van der Waals surface area (Å²) in [5, 5.41) is 0. The second kappa shape index (κ2) is 8.79. The van der Waals surface area contributed by atoms with E-state index < -0.39 is 0 Å². The highest BCUT2D eigenvalue weighted by Gasteiger charge is 2.15. The lowest BCUT2D eigenvalue weighted by Gasteiger charge is -2.20. The van der Waals surface area contributed by atoms with Crippen molar-refractivity contribution < 1.29 is 14.3 Å². The molecule has 2 N–H and O–H groups in total. The van der Waals surface area contributed by atoms with E-state index >= 15 is 0 Å². The van der Waals surface area contributed by atoms with Crippen LogP contribution in [0.2, 0.25) is 0 Å². The summed E-state index contributed by atoms with van der Waals surface area (Å²) < 4.78 is 10.7. The summed E-state index contributed by atoms with van der Waals surface area (Å²) in [6.07, 6.45) is 2.80. The van der Waals surface area contributed by atoms with E-state index in [1.807, 2.05) is 19.1 Å². The molecule has 0 radical (unpaired) electrons. The largest absolute Gasteiger partial charge is 0.482 e. The number of ether oxygens (including phenoxy) is 2. The van der Waals surface area contributed by atoms with Crippen molar-refractivity contribution in [3.63, 3.8) is 0 Å². The minimum Gasteiger partial charge on any atom is -0.482 e. The fourth-order valence-electron chi connectivity index (χ4n) is 2.07. The number of hydrogen-bond acceptors (Lipinski definition) is 4. The number of rotatable bonds is 8. The fraction of sp³-hybridized carbons (Fsp3) is 0.611. The van der Waals surface area contributed by atoms with Crippen molar-refractivity contribution in [2.45, 2.75) is 52.4 Å². The van der Waals surface area contributed by atoms with Crippen molar-refractivity contribution in [2.24, 2.45) is 5.73 Å². The van der Waals surface area contributed by atoms with Crippen LogP contribution in [0.3, 0.4) is 0 Å². The normalized spacial score (nSPS) is 11.3. The van der Waals surface area contributed by atoms with Crippen LogP contribution in [0.5, 0.6) is 5.75 Å². The summed E-state index contributed by atoms with van der Waals surface area (Å²) in [6, 6.07) is 6.07. The Hall–Kier alpha value is -1.55. The molecule has 0 atom stereocenters. The third-order valence-electron chi connectivity index (χ3n) is 3.50. The molecular weight excluding hydrogens is 278 g/mol. The molecule has 22 heavy (non-hydrogen) atoms. The second-order valence-corrected chi connectivity index (χ2v) is 6.59. The monoisotopic (exact) mass is 307 g/mol. The first-order valence-electron chi connectivity index (χ1n) is 7.94. The van der Waals surface area contributed by atoms with Crippen molar-refractivity contribution in [1.82, 2.24) is 0 Å². The third kappa shape index (κ3) is 6.48. The van der Waals surface area contributed by atoms with Crippen LogP contribution < -0.4 is 10.5 Å². The van der Waals surface area contributed by atoms with E-state index in [1.54, 1.807) is 0 Å². The van der Waals surface area contributed by atoms with Crippen LogP contribution >= 0.6 is 0 Å². The average molecular weight is 307 g/mol. The van der Waals surface area contributed by atoms with Gasteiger partial charge in [0.05, 0.1) is 6.61 Å². The summed E-state index contributed by atoms with van der Waals surface area (Å²) in [5.74, 6) is 0.403. The standard InChI is InChI=1S/C18H29NO3/c1-14-12-15(18(2,3)4)8-9-16(14)22-13-17(20)21-11-7-5-6-10-19/h8-9,12H,5-7,10-11,13,19H2,1-4H3. The average Bonchev–Trinajstić information content (AvgIpc) is 2.44. The molecule has 4 nitrogen and oxygen atoms in total. The van der Waals surface area contributed by atoms with E-state index in [4.69, 9.17) is 15.2 Å². The topological polar surface area (TPSA) is 61.5 Å². The molecule has 0 bridgehead atoms. The van der Waals surface area contributed by atoms with E-state index in [2.05, 4.69) is 26.8 Å². The van der Waals surface area contributed by atoms with Crippen molar-refractivity contribution >= 4 is 5.97 Å². The number of unbranched alkanes of at least 4 members (excludes halogenated alkanes) is 2. The van der Waals surface area contributed by atoms with Gasteiger partial charge in [-0.15, -0.1) is 0 Å². The van der Waals surface area contributed by atoms with Crippen LogP contribution in [0, 0.1) is 6.92 Å². The molecule has 0 saturated heterocycles. The Bertz CT molecular complexity index is 478. The maximum absolute atomic E-state index is 11.6. The van der Waals surface area contributed by atoms with Gasteiger partial charge in [-0.3, -0.25) is 0 Å². The van der Waals surface area contributed by atoms with Gasteiger partial charge in [0.1, 0.15) is 5.75 Å². The van der Waals surface area contributed by atoms with Gasteiger partial charge in [0.25, 0.3) is 0 Å². The number of nitrogens with two attached hydrogens (primary N) is 1. The molecule has 0 aliphatic heterocycles. The van der Waals surface area contributed by atoms with Crippen molar-refractivity contribution in [3.8, 4) is 5.75 Å². The molecule has 1 aromatic rings. The molecule has 4 heteroatoms. The number of aryl methyl sites for hydroxylation is 1. The Balaban J connectivity index is 2.40. The van der Waals surface area contributed by atoms with E-state index in [1.165, 1.54) is 5.56 Å². The van der Waals surface area contributed by atoms with Gasteiger partial charge in [0.2, 0.25) is 0 Å². The highest BCUT2D eigenvalue weighted by molar-refractivity contribution is 5.71. The second-order valence-electron chi connectivity index (χ2n) is 6.59. The van der Waals surface area contributed by atoms with Crippen LogP contribution in [0.15, 0.2) is 18.2 Å². The maximum atomic E-state index is 11.6. The molecule has 124 valence electrons. The number of hydrogen-bond donors (Lipinski definition) is 1. The van der Waals surface area contributed by atoms with Gasteiger partial charge in [-0.1, -0.05) is 32.9 Å². The number of esters is 1. The Morgan fingerprint density at radius 2 is 1.91 bits per heavy atom. The lowest BCUT2D eigenvalue weighted by molar-refractivity contribution is -0.146. The first-order valence-corrected chi connectivity index (χ1v) is 7.94. The first-order chi connectivity index (χ1) is 10.3. The molecule has 1 rings (SSSR count). The van der Waals surface area contributed by atoms with Gasteiger partial charge in [0.15, 0.2) is 6.61 Å². The first kappa shape index (κ1) is 18.5. The van der Waals surface area contributed by atoms with Gasteiger partial charge in [0, 0.05) is 0 Å². The van der Waals surface area contributed by atoms with Crippen LogP contribution in [0.1, 0.15) is 51.2 Å². The fourth-order valence-corrected chi connectivity index (χ4v) is 2.07. The summed E-state index contributed by atoms with van der Waals surface area (Å²) in [6.45, 7) is 9.57. The predicted octanol–water partition coefficient (Wildman–Crippen LogP) is 3.34. The molecule has 0 spiro atoms. The molecule has 0 heterocycles. The van der Waals surface area contributed by atoms with E-state index in [0.29, 0.717) is 13.2 Å². The summed E-state index contributed by atoms with van der Waals surface area (Å²) in [4.78, 5) is 11.6. The number of carbonyl (C=O) groups is 1. The lowest BCUT2D eigenvalue weighted by Crippen LogP contribution is -2.16. The molecule has 0 fully saturated rings. The number of benzene rings is 1. The SMILES string of the molecule is Cc1cc(C(C)(C)C)ccc1OCC(=O)OCCCCCN. The molecule has 0 aliphatic rings. The van der Waals surface area contributed by atoms with E-state index in [0.717, 1.165) is 30.6 Å². The third-order valence-corrected chi connectivity index (χ3v) is 3.50. The highest BCUT2D eigenvalue weighted by atomic mass is 16.6. The van der Waals surface area contributed by atoms with E-state index in [9.17, 15) is 4.79 Å². The van der Waals surface area contributed by atoms with Gasteiger partial charge in [-0.25, -0.2) is 4.79 Å². The molecule has 0 amide bonds. The minimum atomic E-state index is -0.327. The van der Waals surface area contributed by atoms with Crippen molar-refractivity contribution in [2.75, 3.05) is 19.8 Å². The minimum absolute atomic E-state index is 0.0490. The van der Waals surface area contributed by atoms with Gasteiger partial charge in [-0.05, 0) is 55.3 Å². The summed E-state index contributed by atoms with van der Waals surface area (Å²) >= 11 is 0. The molecule has 0 aromatic heterocycles. The Labute approximate surface area is 134 Å². The molecular formula is C18H29NO3. The highest BCUT2D eigenvalue weighted by Crippen LogP contribution is 2.27. The van der Waals surface area contributed by atoms with Crippen molar-refractivity contribution in [1.29, 1.82) is 0 Å². The Kier molecular flexibility index (Phi) is 7.39. The van der Waals surface area contributed by atoms with E-state index in [-0.39, 0.29) is 18.0 Å². The summed E-state index contributed by atoms with van der Waals surface area (Å²) in [5.41, 5.74) is 7.79. The predicted molar refractivity (Wildman–Crippen MR) is 89.2 cm³/mol. The number of carbonyl (C=O) groups excluding carboxylic acids is 1. The molecule has 0 aliphatic carbocycles. The lowest BCUT2D eigenvalue weighted by atomic mass is 9.86. The van der Waals surface area contributed by atoms with Crippen LogP contribution in [0.4, 0.5) is 0 Å². The van der Waals surface area contributed by atoms with Crippen molar-refractivity contribution in [3.05, 3.63) is 29.3 Å². The van der Waals surface area contributed by atoms with Gasteiger partial charge in [-0.2, -0.15) is 0 Å². The van der Waals surface area contributed by atoms with Gasteiger partial charge < -0.3 is 15.2 Å². The quantitative estimate of drug-likeness (QED) is 0.591. The zero-order valence-electron chi connectivity index (χ0n) is 14.3. The Morgan fingerprint density at radius 3 is 2.50 bits per heavy atom. The van der Waals surface area contributed by atoms with Crippen LogP contribution in [-0.4, -0.2) is 25.7 Å². The smallest absolute Gasteiger partial charge is 0.344 e. The molecule has 0 unspecified atom stereocenters. The van der Waals surface area contributed by atoms with Crippen LogP contribution in [0.25, 0.3) is 0 Å². The Morgan fingerprint density at radius 1 is 1.18 bits per heavy atom. The summed E-state index contributed by atoms with van der Waals surface area (Å²) in [7, 11) is 0. The maximum Gasteiger partial charge on any atom is 0.344 e. The van der Waals surface area contributed by atoms with Crippen LogP contribution in [-0.2, 0) is 14.9 Å². The molecule has 1 aromatic carbocycles. The zero-order chi connectivity index (χ0) is 16.6.